The van der Waals surface area contributed by atoms with E-state index >= 15 is 0 Å². The van der Waals surface area contributed by atoms with Crippen molar-refractivity contribution in [2.24, 2.45) is 0 Å². The van der Waals surface area contributed by atoms with Gasteiger partial charge in [-0.05, 0) is 25.0 Å². The predicted molar refractivity (Wildman–Crippen MR) is 90.6 cm³/mol. The van der Waals surface area contributed by atoms with E-state index in [1.165, 1.54) is 0 Å². The van der Waals surface area contributed by atoms with Crippen LogP contribution >= 0.6 is 11.8 Å². The Morgan fingerprint density at radius 1 is 1.39 bits per heavy atom. The molecule has 1 heterocycles. The van der Waals surface area contributed by atoms with E-state index in [0.717, 1.165) is 17.1 Å². The van der Waals surface area contributed by atoms with Crippen LogP contribution in [0.25, 0.3) is 0 Å². The maximum atomic E-state index is 12.8. The van der Waals surface area contributed by atoms with Crippen LogP contribution in [0.15, 0.2) is 24.3 Å². The van der Waals surface area contributed by atoms with E-state index in [-0.39, 0.29) is 30.9 Å². The van der Waals surface area contributed by atoms with Crippen LogP contribution in [-0.4, -0.2) is 59.2 Å². The Morgan fingerprint density at radius 3 is 2.91 bits per heavy atom. The second kappa shape index (κ2) is 8.93. The zero-order chi connectivity index (χ0) is 16.7. The number of benzene rings is 1. The van der Waals surface area contributed by atoms with Crippen LogP contribution in [-0.2, 0) is 16.0 Å². The van der Waals surface area contributed by atoms with Gasteiger partial charge in [-0.3, -0.25) is 9.59 Å². The molecule has 0 aliphatic carbocycles. The Balaban J connectivity index is 2.12. The van der Waals surface area contributed by atoms with E-state index in [4.69, 9.17) is 4.74 Å². The molecular weight excluding hydrogens is 314 g/mol. The third-order valence-corrected chi connectivity index (χ3v) is 4.94. The number of carbonyl (C=O) groups excluding carboxylic acids is 2. The molecule has 1 atom stereocenters. The summed E-state index contributed by atoms with van der Waals surface area (Å²) in [6.45, 7) is 2.76. The van der Waals surface area contributed by atoms with E-state index in [1.807, 2.05) is 18.2 Å². The minimum Gasteiger partial charge on any atom is -0.466 e. The summed E-state index contributed by atoms with van der Waals surface area (Å²) < 4.78 is 4.94. The number of nitrogens with zero attached hydrogens (tertiary/aromatic N) is 1. The summed E-state index contributed by atoms with van der Waals surface area (Å²) >= 11 is 1.75. The maximum Gasteiger partial charge on any atom is 0.306 e. The molecule has 1 aliphatic rings. The second-order valence-corrected chi connectivity index (χ2v) is 6.52. The molecule has 1 aromatic carbocycles. The van der Waals surface area contributed by atoms with Crippen molar-refractivity contribution in [3.63, 3.8) is 0 Å². The number of thioether (sulfide) groups is 1. The first kappa shape index (κ1) is 17.8. The number of rotatable bonds is 6. The molecule has 1 N–H and O–H groups in total. The molecule has 0 saturated carbocycles. The number of aliphatic hydroxyl groups is 1. The van der Waals surface area contributed by atoms with Crippen LogP contribution in [0.1, 0.15) is 29.3 Å². The number of aliphatic hydroxyl groups excluding tert-OH is 1. The molecule has 0 unspecified atom stereocenters. The van der Waals surface area contributed by atoms with Gasteiger partial charge in [-0.25, -0.2) is 0 Å². The van der Waals surface area contributed by atoms with Gasteiger partial charge in [0.05, 0.1) is 19.3 Å². The summed E-state index contributed by atoms with van der Waals surface area (Å²) in [5.74, 6) is 1.32. The average molecular weight is 337 g/mol. The summed E-state index contributed by atoms with van der Waals surface area (Å²) in [6.07, 6.45) is 0.741. The summed E-state index contributed by atoms with van der Waals surface area (Å²) in [6, 6.07) is 7.22. The lowest BCUT2D eigenvalue weighted by molar-refractivity contribution is -0.143. The second-order valence-electron chi connectivity index (χ2n) is 5.37. The first-order valence-electron chi connectivity index (χ1n) is 7.90. The van der Waals surface area contributed by atoms with Crippen LogP contribution in [0.4, 0.5) is 0 Å². The van der Waals surface area contributed by atoms with Crippen LogP contribution in [0.5, 0.6) is 0 Å². The molecule has 0 aromatic heterocycles. The smallest absolute Gasteiger partial charge is 0.306 e. The molecule has 1 aliphatic heterocycles. The van der Waals surface area contributed by atoms with Gasteiger partial charge < -0.3 is 14.7 Å². The number of carbonyl (C=O) groups is 2. The molecule has 1 fully saturated rings. The van der Waals surface area contributed by atoms with E-state index in [0.29, 0.717) is 25.1 Å². The van der Waals surface area contributed by atoms with Gasteiger partial charge in [-0.15, -0.1) is 0 Å². The quantitative estimate of drug-likeness (QED) is 0.801. The third kappa shape index (κ3) is 4.72. The van der Waals surface area contributed by atoms with Gasteiger partial charge >= 0.3 is 5.97 Å². The van der Waals surface area contributed by atoms with Gasteiger partial charge in [0.2, 0.25) is 0 Å². The van der Waals surface area contributed by atoms with Crippen molar-refractivity contribution in [3.05, 3.63) is 35.4 Å². The third-order valence-electron chi connectivity index (χ3n) is 3.85. The number of hydrogen-bond acceptors (Lipinski definition) is 5. The molecule has 0 spiro atoms. The van der Waals surface area contributed by atoms with E-state index in [1.54, 1.807) is 29.7 Å². The van der Waals surface area contributed by atoms with Crippen molar-refractivity contribution >= 4 is 23.6 Å². The molecule has 6 heteroatoms. The molecule has 0 bridgehead atoms. The van der Waals surface area contributed by atoms with Gasteiger partial charge in [-0.2, -0.15) is 11.8 Å². The number of ether oxygens (including phenoxy) is 1. The summed E-state index contributed by atoms with van der Waals surface area (Å²) in [5.41, 5.74) is 1.46. The number of aryl methyl sites for hydroxylation is 1. The van der Waals surface area contributed by atoms with Crippen LogP contribution in [0.2, 0.25) is 0 Å². The first-order valence-corrected chi connectivity index (χ1v) is 9.06. The molecular formula is C17H23NO4S. The molecule has 5 nitrogen and oxygen atoms in total. The Bertz CT molecular complexity index is 549. The fraction of sp³-hybridized carbons (Fsp3) is 0.529. The van der Waals surface area contributed by atoms with Crippen LogP contribution < -0.4 is 0 Å². The van der Waals surface area contributed by atoms with Gasteiger partial charge in [0.1, 0.15) is 0 Å². The largest absolute Gasteiger partial charge is 0.466 e. The molecule has 1 aromatic rings. The topological polar surface area (TPSA) is 66.8 Å². The molecule has 0 radical (unpaired) electrons. The van der Waals surface area contributed by atoms with Crippen LogP contribution in [0.3, 0.4) is 0 Å². The average Bonchev–Trinajstić information content (AvgIpc) is 2.60. The van der Waals surface area contributed by atoms with Crippen molar-refractivity contribution in [1.29, 1.82) is 0 Å². The van der Waals surface area contributed by atoms with Crippen LogP contribution in [0, 0.1) is 0 Å². The summed E-state index contributed by atoms with van der Waals surface area (Å²) in [4.78, 5) is 26.1. The highest BCUT2D eigenvalue weighted by atomic mass is 32.2. The Hall–Kier alpha value is -1.53. The zero-order valence-corrected chi connectivity index (χ0v) is 14.2. The van der Waals surface area contributed by atoms with Crippen molar-refractivity contribution in [2.45, 2.75) is 25.8 Å². The highest BCUT2D eigenvalue weighted by Crippen LogP contribution is 2.21. The van der Waals surface area contributed by atoms with Gasteiger partial charge in [0.25, 0.3) is 5.91 Å². The normalized spacial score (nSPS) is 17.8. The molecule has 1 amide bonds. The molecule has 23 heavy (non-hydrogen) atoms. The van der Waals surface area contributed by atoms with Crippen molar-refractivity contribution in [3.8, 4) is 0 Å². The van der Waals surface area contributed by atoms with Crippen molar-refractivity contribution in [1.82, 2.24) is 4.90 Å². The van der Waals surface area contributed by atoms with E-state index in [2.05, 4.69) is 0 Å². The van der Waals surface area contributed by atoms with Crippen molar-refractivity contribution < 1.29 is 19.4 Å². The molecule has 126 valence electrons. The molecule has 1 saturated heterocycles. The lowest BCUT2D eigenvalue weighted by Gasteiger charge is -2.34. The lowest BCUT2D eigenvalue weighted by atomic mass is 10.0. The summed E-state index contributed by atoms with van der Waals surface area (Å²) in [5, 5.41) is 9.49. The highest BCUT2D eigenvalue weighted by molar-refractivity contribution is 7.99. The number of hydrogen-bond donors (Lipinski definition) is 1. The van der Waals surface area contributed by atoms with Gasteiger partial charge in [-0.1, -0.05) is 18.2 Å². The predicted octanol–water partition coefficient (Wildman–Crippen LogP) is 1.73. The van der Waals surface area contributed by atoms with E-state index in [9.17, 15) is 14.7 Å². The minimum atomic E-state index is -0.252. The first-order chi connectivity index (χ1) is 11.2. The Labute approximate surface area is 141 Å². The number of esters is 1. The molecule has 2 rings (SSSR count). The highest BCUT2D eigenvalue weighted by Gasteiger charge is 2.28. The van der Waals surface area contributed by atoms with Gasteiger partial charge in [0.15, 0.2) is 0 Å². The lowest BCUT2D eigenvalue weighted by Crippen LogP contribution is -2.48. The monoisotopic (exact) mass is 337 g/mol. The van der Waals surface area contributed by atoms with E-state index < -0.39 is 0 Å². The summed E-state index contributed by atoms with van der Waals surface area (Å²) in [7, 11) is 0. The van der Waals surface area contributed by atoms with Gasteiger partial charge in [0, 0.05) is 30.0 Å². The minimum absolute atomic E-state index is 0.0241. The standard InChI is InChI=1S/C17H23NO4S/c1-2-22-16(20)8-7-13-5-3-4-6-15(13)17(21)18-9-10-23-12-14(18)11-19/h3-6,14,19H,2,7-12H2,1H3/t14-/m1/s1. The zero-order valence-electron chi connectivity index (χ0n) is 13.4. The Kier molecular flexibility index (Phi) is 6.92. The number of amides is 1. The van der Waals surface area contributed by atoms with Crippen molar-refractivity contribution in [2.75, 3.05) is 31.3 Å². The fourth-order valence-electron chi connectivity index (χ4n) is 2.64. The Morgan fingerprint density at radius 2 is 2.17 bits per heavy atom. The SMILES string of the molecule is CCOC(=O)CCc1ccccc1C(=O)N1CCSC[C@H]1CO. The fourth-order valence-corrected chi connectivity index (χ4v) is 3.69. The maximum absolute atomic E-state index is 12.8.